The maximum atomic E-state index is 12.7. The second-order valence-corrected chi connectivity index (χ2v) is 11.0. The Morgan fingerprint density at radius 2 is 2.07 bits per heavy atom. The zero-order chi connectivity index (χ0) is 20.8. The molecule has 1 aromatic heterocycles. The Hall–Kier alpha value is -1.65. The van der Waals surface area contributed by atoms with Gasteiger partial charge in [-0.05, 0) is 19.3 Å². The maximum absolute atomic E-state index is 12.7. The molecule has 0 aromatic carbocycles. The van der Waals surface area contributed by atoms with Crippen LogP contribution in [-0.4, -0.2) is 80.7 Å². The van der Waals surface area contributed by atoms with Gasteiger partial charge >= 0.3 is 0 Å². The van der Waals surface area contributed by atoms with Gasteiger partial charge in [0.05, 0.1) is 11.8 Å². The Morgan fingerprint density at radius 1 is 1.30 bits per heavy atom. The number of guanidine groups is 1. The summed E-state index contributed by atoms with van der Waals surface area (Å²) in [6.45, 7) is 3.03. The molecule has 4 fully saturated rings. The summed E-state index contributed by atoms with van der Waals surface area (Å²) in [6.07, 6.45) is 7.96. The molecule has 1 spiro atoms. The lowest BCUT2D eigenvalue weighted by Gasteiger charge is -2.57. The number of nitrogens with one attached hydrogen (secondary N) is 1. The number of fused-ring (bicyclic) bond motifs is 2. The first-order valence-corrected chi connectivity index (χ1v) is 12.6. The van der Waals surface area contributed by atoms with E-state index < -0.39 is 10.0 Å². The van der Waals surface area contributed by atoms with Crippen molar-refractivity contribution in [3.63, 3.8) is 0 Å². The van der Waals surface area contributed by atoms with E-state index in [9.17, 15) is 8.42 Å². The van der Waals surface area contributed by atoms with Crippen LogP contribution in [0.25, 0.3) is 0 Å². The number of rotatable bonds is 4. The third kappa shape index (κ3) is 3.33. The molecule has 1 aromatic rings. The lowest BCUT2D eigenvalue weighted by atomic mass is 9.54. The largest absolute Gasteiger partial charge is 0.377 e. The van der Waals surface area contributed by atoms with Crippen molar-refractivity contribution in [2.24, 2.45) is 16.3 Å². The molecule has 2 aliphatic carbocycles. The van der Waals surface area contributed by atoms with Crippen LogP contribution in [0.3, 0.4) is 0 Å². The Bertz CT molecular complexity index is 873. The monoisotopic (exact) mass is 437 g/mol. The highest BCUT2D eigenvalue weighted by Gasteiger charge is 2.65. The number of piperazine rings is 1. The second kappa shape index (κ2) is 7.80. The van der Waals surface area contributed by atoms with Crippen LogP contribution in [0.5, 0.6) is 0 Å². The fourth-order valence-electron chi connectivity index (χ4n) is 6.11. The van der Waals surface area contributed by atoms with Crippen molar-refractivity contribution in [1.82, 2.24) is 19.7 Å². The molecule has 0 amide bonds. The normalized spacial score (nSPS) is 31.7. The van der Waals surface area contributed by atoms with Gasteiger partial charge in [-0.25, -0.2) is 8.42 Å². The number of ether oxygens (including phenoxy) is 1. The van der Waals surface area contributed by atoms with Crippen LogP contribution in [0, 0.1) is 11.3 Å². The van der Waals surface area contributed by atoms with Crippen LogP contribution >= 0.6 is 0 Å². The van der Waals surface area contributed by atoms with E-state index in [0.717, 1.165) is 19.0 Å². The number of sulfonamides is 1. The van der Waals surface area contributed by atoms with Gasteiger partial charge in [0, 0.05) is 63.3 Å². The number of nitrogens with zero attached hydrogens (tertiary/aromatic N) is 4. The third-order valence-corrected chi connectivity index (χ3v) is 9.35. The molecule has 0 bridgehead atoms. The molecule has 166 valence electrons. The van der Waals surface area contributed by atoms with Gasteiger partial charge in [-0.15, -0.1) is 0 Å². The zero-order valence-electron chi connectivity index (χ0n) is 17.5. The van der Waals surface area contributed by atoms with E-state index in [1.54, 1.807) is 10.4 Å². The summed E-state index contributed by atoms with van der Waals surface area (Å²) in [5.41, 5.74) is 0.704. The molecular weight excluding hydrogens is 406 g/mol. The lowest BCUT2D eigenvalue weighted by Crippen LogP contribution is -2.70. The molecule has 9 nitrogen and oxygen atoms in total. The molecule has 2 saturated carbocycles. The highest BCUT2D eigenvalue weighted by Crippen LogP contribution is 2.60. The van der Waals surface area contributed by atoms with Crippen molar-refractivity contribution in [3.8, 4) is 0 Å². The van der Waals surface area contributed by atoms with Gasteiger partial charge in [0.2, 0.25) is 10.0 Å². The van der Waals surface area contributed by atoms with E-state index in [4.69, 9.17) is 9.26 Å². The van der Waals surface area contributed by atoms with Crippen molar-refractivity contribution in [2.45, 2.75) is 50.0 Å². The summed E-state index contributed by atoms with van der Waals surface area (Å²) >= 11 is 0. The molecule has 0 radical (unpaired) electrons. The highest BCUT2D eigenvalue weighted by molar-refractivity contribution is 7.88. The van der Waals surface area contributed by atoms with Crippen molar-refractivity contribution >= 4 is 16.0 Å². The first kappa shape index (κ1) is 20.3. The molecule has 5 rings (SSSR count). The molecule has 3 heterocycles. The molecule has 10 heteroatoms. The molecule has 2 saturated heterocycles. The molecule has 2 aliphatic heterocycles. The third-order valence-electron chi connectivity index (χ3n) is 7.54. The van der Waals surface area contributed by atoms with E-state index in [0.29, 0.717) is 49.9 Å². The minimum absolute atomic E-state index is 0.121. The van der Waals surface area contributed by atoms with Crippen LogP contribution in [0.2, 0.25) is 0 Å². The molecule has 1 N–H and O–H groups in total. The van der Waals surface area contributed by atoms with Gasteiger partial charge in [0.1, 0.15) is 12.0 Å². The summed E-state index contributed by atoms with van der Waals surface area (Å²) in [4.78, 5) is 6.74. The Balaban J connectivity index is 1.21. The highest BCUT2D eigenvalue weighted by atomic mass is 32.2. The summed E-state index contributed by atoms with van der Waals surface area (Å²) < 4.78 is 37.8. The smallest absolute Gasteiger partial charge is 0.220 e. The molecule has 30 heavy (non-hydrogen) atoms. The van der Waals surface area contributed by atoms with Gasteiger partial charge in [-0.3, -0.25) is 4.99 Å². The minimum Gasteiger partial charge on any atom is -0.377 e. The summed E-state index contributed by atoms with van der Waals surface area (Å²) in [5.74, 6) is 1.35. The SMILES string of the molecule is CN=C(NC1C2CCOC2C12CCCC2)N1CCN(S(=O)(=O)Cc2ccon2)CC1. The van der Waals surface area contributed by atoms with Crippen molar-refractivity contribution < 1.29 is 17.7 Å². The first-order chi connectivity index (χ1) is 14.5. The lowest BCUT2D eigenvalue weighted by molar-refractivity contribution is -0.125. The van der Waals surface area contributed by atoms with Gasteiger partial charge in [-0.2, -0.15) is 4.31 Å². The Labute approximate surface area is 177 Å². The first-order valence-electron chi connectivity index (χ1n) is 11.0. The van der Waals surface area contributed by atoms with Crippen molar-refractivity contribution in [3.05, 3.63) is 18.0 Å². The molecule has 4 aliphatic rings. The second-order valence-electron chi connectivity index (χ2n) is 8.99. The maximum Gasteiger partial charge on any atom is 0.220 e. The average molecular weight is 438 g/mol. The quantitative estimate of drug-likeness (QED) is 0.555. The van der Waals surface area contributed by atoms with Crippen LogP contribution in [0.1, 0.15) is 37.8 Å². The van der Waals surface area contributed by atoms with Gasteiger partial charge < -0.3 is 19.5 Å². The van der Waals surface area contributed by atoms with Crippen LogP contribution in [0.4, 0.5) is 0 Å². The van der Waals surface area contributed by atoms with E-state index in [2.05, 4.69) is 20.4 Å². The predicted molar refractivity (Wildman–Crippen MR) is 111 cm³/mol. The number of aliphatic imine (C=N–C) groups is 1. The number of hydrogen-bond acceptors (Lipinski definition) is 6. The van der Waals surface area contributed by atoms with Crippen molar-refractivity contribution in [2.75, 3.05) is 39.8 Å². The summed E-state index contributed by atoms with van der Waals surface area (Å²) in [7, 11) is -1.58. The van der Waals surface area contributed by atoms with E-state index in [1.807, 2.05) is 7.05 Å². The molecule has 3 atom stereocenters. The van der Waals surface area contributed by atoms with Crippen molar-refractivity contribution in [1.29, 1.82) is 0 Å². The minimum atomic E-state index is -3.40. The summed E-state index contributed by atoms with van der Waals surface area (Å²) in [6, 6.07) is 2.01. The molecule has 3 unspecified atom stereocenters. The number of hydrogen-bond donors (Lipinski definition) is 1. The zero-order valence-corrected chi connectivity index (χ0v) is 18.3. The van der Waals surface area contributed by atoms with Crippen LogP contribution < -0.4 is 5.32 Å². The standard InChI is InChI=1S/C20H31N5O4S/c1-21-19(22-17-16-5-12-28-18(16)20(17)6-2-3-7-20)24-8-10-25(11-9-24)30(26,27)14-15-4-13-29-23-15/h4,13,16-18H,2-3,5-12,14H2,1H3,(H,21,22). The van der Waals surface area contributed by atoms with E-state index >= 15 is 0 Å². The van der Waals surface area contributed by atoms with E-state index in [-0.39, 0.29) is 11.2 Å². The average Bonchev–Trinajstić information content (AvgIpc) is 3.50. The summed E-state index contributed by atoms with van der Waals surface area (Å²) in [5, 5.41) is 7.50. The fourth-order valence-corrected chi connectivity index (χ4v) is 7.53. The topological polar surface area (TPSA) is 100 Å². The van der Waals surface area contributed by atoms with Gasteiger partial charge in [-0.1, -0.05) is 18.0 Å². The van der Waals surface area contributed by atoms with E-state index in [1.165, 1.54) is 31.9 Å². The fraction of sp³-hybridized carbons (Fsp3) is 0.800. The van der Waals surface area contributed by atoms with Crippen LogP contribution in [-0.2, 0) is 20.5 Å². The number of aromatic nitrogens is 1. The Kier molecular flexibility index (Phi) is 5.27. The Morgan fingerprint density at radius 3 is 2.73 bits per heavy atom. The van der Waals surface area contributed by atoms with Crippen LogP contribution in [0.15, 0.2) is 21.8 Å². The molecular formula is C20H31N5O4S. The van der Waals surface area contributed by atoms with Gasteiger partial charge in [0.25, 0.3) is 0 Å². The predicted octanol–water partition coefficient (Wildman–Crippen LogP) is 1.05. The van der Waals surface area contributed by atoms with Gasteiger partial charge in [0.15, 0.2) is 5.96 Å².